The molecular weight excluding hydrogens is 259 g/mol. The maximum atomic E-state index is 12.6. The third-order valence-corrected chi connectivity index (χ3v) is 2.10. The molecule has 0 radical (unpaired) electrons. The Kier molecular flexibility index (Phi) is 4.03. The van der Waals surface area contributed by atoms with Crippen LogP contribution in [0.5, 0.6) is 0 Å². The Morgan fingerprint density at radius 3 is 2.47 bits per heavy atom. The maximum Gasteiger partial charge on any atom is 0.243 e. The number of halogens is 2. The summed E-state index contributed by atoms with van der Waals surface area (Å²) < 4.78 is 16.6. The molecule has 0 N–H and O–H groups in total. The van der Waals surface area contributed by atoms with Crippen molar-refractivity contribution in [3.63, 3.8) is 0 Å². The van der Waals surface area contributed by atoms with Crippen LogP contribution in [0.25, 0.3) is 0 Å². The smallest absolute Gasteiger partial charge is 0.243 e. The van der Waals surface area contributed by atoms with E-state index in [1.165, 1.54) is 12.1 Å². The summed E-state index contributed by atoms with van der Waals surface area (Å²) in [5, 5.41) is 0. The zero-order chi connectivity index (χ0) is 9.97. The Morgan fingerprint density at radius 1 is 1.27 bits per heavy atom. The van der Waals surface area contributed by atoms with E-state index < -0.39 is 0 Å². The van der Waals surface area contributed by atoms with Crippen LogP contribution in [0.4, 0.5) is 4.39 Å². The van der Waals surface area contributed by atoms with E-state index in [0.717, 1.165) is 12.1 Å². The van der Waals surface area contributed by atoms with E-state index in [1.807, 2.05) is 34.9 Å². The van der Waals surface area contributed by atoms with E-state index in [2.05, 4.69) is 0 Å². The molecule has 1 aromatic carbocycles. The van der Waals surface area contributed by atoms with Gasteiger partial charge in [0.1, 0.15) is 24.8 Å². The number of benzene rings is 1. The van der Waals surface area contributed by atoms with Crippen molar-refractivity contribution >= 4 is 0 Å². The van der Waals surface area contributed by atoms with Crippen LogP contribution < -0.4 is 21.5 Å². The molecule has 2 rings (SSSR count). The molecule has 4 heteroatoms. The fraction of sp³-hybridized carbons (Fsp3) is 0.182. The van der Waals surface area contributed by atoms with Crippen LogP contribution in [-0.4, -0.2) is 4.57 Å². The van der Waals surface area contributed by atoms with Crippen molar-refractivity contribution in [2.75, 3.05) is 0 Å². The van der Waals surface area contributed by atoms with Gasteiger partial charge >= 0.3 is 0 Å². The summed E-state index contributed by atoms with van der Waals surface area (Å²) in [6.45, 7) is 0.779. The van der Waals surface area contributed by atoms with Gasteiger partial charge in [-0.15, -0.1) is 0 Å². The van der Waals surface area contributed by atoms with Crippen molar-refractivity contribution in [1.82, 2.24) is 4.57 Å². The van der Waals surface area contributed by atoms with Crippen molar-refractivity contribution in [1.29, 1.82) is 0 Å². The minimum absolute atomic E-state index is 0. The SMILES string of the molecule is C[n+]1ccn(Cc2ccc(F)cc2)c1.[Br-]. The lowest BCUT2D eigenvalue weighted by Crippen LogP contribution is -3.00. The Balaban J connectivity index is 0.00000112. The minimum Gasteiger partial charge on any atom is -1.00 e. The summed E-state index contributed by atoms with van der Waals surface area (Å²) in [4.78, 5) is 0. The largest absolute Gasteiger partial charge is 1.00 e. The van der Waals surface area contributed by atoms with Crippen LogP contribution in [0, 0.1) is 5.82 Å². The number of aryl methyl sites for hydroxylation is 1. The Hall–Kier alpha value is -1.16. The highest BCUT2D eigenvalue weighted by atomic mass is 79.9. The maximum absolute atomic E-state index is 12.6. The lowest BCUT2D eigenvalue weighted by molar-refractivity contribution is -0.671. The number of nitrogens with zero attached hydrogens (tertiary/aromatic N) is 2. The van der Waals surface area contributed by atoms with Crippen molar-refractivity contribution in [3.05, 3.63) is 54.4 Å². The summed E-state index contributed by atoms with van der Waals surface area (Å²) in [6.07, 6.45) is 5.95. The summed E-state index contributed by atoms with van der Waals surface area (Å²) in [7, 11) is 1.97. The number of hydrogen-bond donors (Lipinski definition) is 0. The quantitative estimate of drug-likeness (QED) is 0.588. The van der Waals surface area contributed by atoms with Gasteiger partial charge in [0, 0.05) is 0 Å². The molecule has 0 fully saturated rings. The first-order valence-corrected chi connectivity index (χ1v) is 4.49. The molecule has 0 aliphatic carbocycles. The summed E-state index contributed by atoms with van der Waals surface area (Å²) in [5.41, 5.74) is 1.10. The number of aromatic nitrogens is 2. The van der Waals surface area contributed by atoms with Gasteiger partial charge in [-0.1, -0.05) is 12.1 Å². The zero-order valence-corrected chi connectivity index (χ0v) is 9.98. The summed E-state index contributed by atoms with van der Waals surface area (Å²) in [5.74, 6) is -0.188. The Morgan fingerprint density at radius 2 is 1.93 bits per heavy atom. The average Bonchev–Trinajstić information content (AvgIpc) is 2.56. The van der Waals surface area contributed by atoms with Crippen LogP contribution in [0.15, 0.2) is 43.0 Å². The van der Waals surface area contributed by atoms with E-state index in [1.54, 1.807) is 12.1 Å². The topological polar surface area (TPSA) is 8.81 Å². The first kappa shape index (κ1) is 11.9. The third-order valence-electron chi connectivity index (χ3n) is 2.10. The molecule has 1 aromatic heterocycles. The number of imidazole rings is 1. The van der Waals surface area contributed by atoms with Gasteiger partial charge in [-0.2, -0.15) is 0 Å². The molecule has 0 spiro atoms. The summed E-state index contributed by atoms with van der Waals surface area (Å²) >= 11 is 0. The molecular formula is C11H12BrFN2. The molecule has 0 saturated heterocycles. The molecule has 1 heterocycles. The average molecular weight is 271 g/mol. The molecule has 0 saturated carbocycles. The lowest BCUT2D eigenvalue weighted by atomic mass is 10.2. The zero-order valence-electron chi connectivity index (χ0n) is 8.40. The van der Waals surface area contributed by atoms with E-state index in [0.29, 0.717) is 0 Å². The van der Waals surface area contributed by atoms with Crippen molar-refractivity contribution in [2.45, 2.75) is 6.54 Å². The van der Waals surface area contributed by atoms with Gasteiger partial charge in [-0.25, -0.2) is 13.5 Å². The van der Waals surface area contributed by atoms with Crippen LogP contribution >= 0.6 is 0 Å². The molecule has 80 valence electrons. The predicted molar refractivity (Wildman–Crippen MR) is 51.1 cm³/mol. The molecule has 0 bridgehead atoms. The molecule has 0 aliphatic heterocycles. The lowest BCUT2D eigenvalue weighted by Gasteiger charge is -1.96. The summed E-state index contributed by atoms with van der Waals surface area (Å²) in [6, 6.07) is 6.57. The molecule has 0 unspecified atom stereocenters. The molecule has 0 amide bonds. The van der Waals surface area contributed by atoms with Crippen molar-refractivity contribution < 1.29 is 25.9 Å². The van der Waals surface area contributed by atoms with Gasteiger partial charge in [0.25, 0.3) is 0 Å². The molecule has 2 aromatic rings. The first-order chi connectivity index (χ1) is 6.74. The van der Waals surface area contributed by atoms with Gasteiger partial charge < -0.3 is 17.0 Å². The fourth-order valence-corrected chi connectivity index (χ4v) is 1.40. The van der Waals surface area contributed by atoms with E-state index in [9.17, 15) is 4.39 Å². The Labute approximate surface area is 98.7 Å². The van der Waals surface area contributed by atoms with Crippen LogP contribution in [0.1, 0.15) is 5.56 Å². The third kappa shape index (κ3) is 3.16. The van der Waals surface area contributed by atoms with Crippen molar-refractivity contribution in [3.8, 4) is 0 Å². The van der Waals surface area contributed by atoms with Crippen LogP contribution in [0.3, 0.4) is 0 Å². The number of rotatable bonds is 2. The Bertz CT molecular complexity index is 422. The van der Waals surface area contributed by atoms with Gasteiger partial charge in [-0.3, -0.25) is 0 Å². The van der Waals surface area contributed by atoms with Crippen LogP contribution in [0.2, 0.25) is 0 Å². The van der Waals surface area contributed by atoms with E-state index >= 15 is 0 Å². The second kappa shape index (κ2) is 5.07. The minimum atomic E-state index is -0.188. The number of hydrogen-bond acceptors (Lipinski definition) is 0. The second-order valence-electron chi connectivity index (χ2n) is 3.38. The van der Waals surface area contributed by atoms with Gasteiger partial charge in [0.15, 0.2) is 0 Å². The highest BCUT2D eigenvalue weighted by molar-refractivity contribution is 5.16. The van der Waals surface area contributed by atoms with Gasteiger partial charge in [0.2, 0.25) is 6.33 Å². The normalized spacial score (nSPS) is 9.73. The van der Waals surface area contributed by atoms with E-state index in [-0.39, 0.29) is 22.8 Å². The molecule has 0 aliphatic rings. The molecule has 0 atom stereocenters. The standard InChI is InChI=1S/C11H12FN2.BrH/c1-13-6-7-14(9-13)8-10-2-4-11(12)5-3-10;/h2-7,9H,8H2,1H3;1H/q+1;/p-1. The molecule has 15 heavy (non-hydrogen) atoms. The highest BCUT2D eigenvalue weighted by Gasteiger charge is 2.01. The first-order valence-electron chi connectivity index (χ1n) is 4.49. The second-order valence-corrected chi connectivity index (χ2v) is 3.38. The predicted octanol–water partition coefficient (Wildman–Crippen LogP) is -1.50. The monoisotopic (exact) mass is 270 g/mol. The molecule has 2 nitrogen and oxygen atoms in total. The van der Waals surface area contributed by atoms with Gasteiger partial charge in [0.05, 0.1) is 7.05 Å². The fourth-order valence-electron chi connectivity index (χ4n) is 1.40. The van der Waals surface area contributed by atoms with Crippen LogP contribution in [-0.2, 0) is 13.6 Å². The highest BCUT2D eigenvalue weighted by Crippen LogP contribution is 2.04. The van der Waals surface area contributed by atoms with Gasteiger partial charge in [-0.05, 0) is 17.7 Å². The van der Waals surface area contributed by atoms with Crippen molar-refractivity contribution in [2.24, 2.45) is 7.05 Å². The van der Waals surface area contributed by atoms with E-state index in [4.69, 9.17) is 0 Å².